The van der Waals surface area contributed by atoms with Crippen LogP contribution < -0.4 is 5.32 Å². The van der Waals surface area contributed by atoms with E-state index >= 15 is 0 Å². The number of anilines is 1. The van der Waals surface area contributed by atoms with Gasteiger partial charge >= 0.3 is 0 Å². The van der Waals surface area contributed by atoms with E-state index in [-0.39, 0.29) is 0 Å². The van der Waals surface area contributed by atoms with Gasteiger partial charge in [0.15, 0.2) is 5.16 Å². The van der Waals surface area contributed by atoms with Gasteiger partial charge in [-0.05, 0) is 30.4 Å². The molecule has 2 aromatic carbocycles. The van der Waals surface area contributed by atoms with Crippen LogP contribution in [-0.2, 0) is 6.42 Å². The molecule has 1 heterocycles. The first kappa shape index (κ1) is 18.2. The van der Waals surface area contributed by atoms with Crippen molar-refractivity contribution in [2.75, 3.05) is 18.1 Å². The summed E-state index contributed by atoms with van der Waals surface area (Å²) in [4.78, 5) is 9.02. The van der Waals surface area contributed by atoms with Crippen LogP contribution in [-0.4, -0.2) is 22.8 Å². The molecular formula is C20H17ClN4S. The zero-order chi connectivity index (χ0) is 18.4. The van der Waals surface area contributed by atoms with E-state index in [1.807, 2.05) is 36.6 Å². The molecule has 3 rings (SSSR count). The highest BCUT2D eigenvalue weighted by molar-refractivity contribution is 7.98. The van der Waals surface area contributed by atoms with Crippen molar-refractivity contribution >= 4 is 29.2 Å². The molecule has 0 saturated carbocycles. The Morgan fingerprint density at radius 1 is 1.08 bits per heavy atom. The third-order valence-corrected chi connectivity index (χ3v) is 4.65. The number of aromatic nitrogens is 2. The number of thioether (sulfide) groups is 1. The zero-order valence-corrected chi connectivity index (χ0v) is 15.8. The summed E-state index contributed by atoms with van der Waals surface area (Å²) >= 11 is 7.42. The molecule has 4 nitrogen and oxygen atoms in total. The fourth-order valence-electron chi connectivity index (χ4n) is 2.55. The molecule has 0 amide bonds. The van der Waals surface area contributed by atoms with E-state index in [0.29, 0.717) is 33.8 Å². The summed E-state index contributed by atoms with van der Waals surface area (Å²) in [7, 11) is 0. The number of halogens is 1. The van der Waals surface area contributed by atoms with E-state index in [9.17, 15) is 5.26 Å². The van der Waals surface area contributed by atoms with Crippen LogP contribution in [0.25, 0.3) is 11.3 Å². The maximum absolute atomic E-state index is 9.69. The van der Waals surface area contributed by atoms with E-state index in [4.69, 9.17) is 11.6 Å². The molecule has 0 aliphatic carbocycles. The van der Waals surface area contributed by atoms with Crippen LogP contribution in [0.4, 0.5) is 5.82 Å². The lowest BCUT2D eigenvalue weighted by molar-refractivity contribution is 0.939. The van der Waals surface area contributed by atoms with Crippen molar-refractivity contribution in [2.24, 2.45) is 0 Å². The Morgan fingerprint density at radius 2 is 1.81 bits per heavy atom. The summed E-state index contributed by atoms with van der Waals surface area (Å²) in [5, 5.41) is 14.3. The third-order valence-electron chi connectivity index (χ3n) is 3.85. The second kappa shape index (κ2) is 8.70. The molecule has 130 valence electrons. The fourth-order valence-corrected chi connectivity index (χ4v) is 3.04. The van der Waals surface area contributed by atoms with Crippen molar-refractivity contribution in [3.05, 3.63) is 70.7 Å². The standard InChI is InChI=1S/C20H17ClN4S/c1-26-20-24-18(15-7-9-16(21)10-8-15)17(13-22)19(25-20)23-12-11-14-5-3-2-4-6-14/h2-10H,11-12H2,1H3,(H,23,24,25). The van der Waals surface area contributed by atoms with Crippen LogP contribution in [0.3, 0.4) is 0 Å². The molecule has 0 unspecified atom stereocenters. The summed E-state index contributed by atoms with van der Waals surface area (Å²) in [5.74, 6) is 0.563. The lowest BCUT2D eigenvalue weighted by Crippen LogP contribution is -2.10. The van der Waals surface area contributed by atoms with Gasteiger partial charge in [-0.1, -0.05) is 65.8 Å². The summed E-state index contributed by atoms with van der Waals surface area (Å²) in [5.41, 5.74) is 3.13. The molecule has 0 bridgehead atoms. The Hall–Kier alpha value is -2.55. The predicted molar refractivity (Wildman–Crippen MR) is 108 cm³/mol. The van der Waals surface area contributed by atoms with Crippen LogP contribution in [0, 0.1) is 11.3 Å². The molecule has 1 N–H and O–H groups in total. The molecule has 3 aromatic rings. The lowest BCUT2D eigenvalue weighted by atomic mass is 10.1. The molecule has 1 aromatic heterocycles. The molecule has 0 fully saturated rings. The first-order valence-electron chi connectivity index (χ1n) is 8.11. The fraction of sp³-hybridized carbons (Fsp3) is 0.150. The van der Waals surface area contributed by atoms with E-state index in [1.165, 1.54) is 17.3 Å². The van der Waals surface area contributed by atoms with Gasteiger partial charge in [-0.25, -0.2) is 9.97 Å². The molecule has 0 aliphatic rings. The summed E-state index contributed by atoms with van der Waals surface area (Å²) < 4.78 is 0. The first-order valence-corrected chi connectivity index (χ1v) is 9.71. The monoisotopic (exact) mass is 380 g/mol. The number of hydrogen-bond acceptors (Lipinski definition) is 5. The number of benzene rings is 2. The van der Waals surface area contributed by atoms with Gasteiger partial charge in [0.25, 0.3) is 0 Å². The largest absolute Gasteiger partial charge is 0.368 e. The molecule has 0 radical (unpaired) electrons. The van der Waals surface area contributed by atoms with E-state index in [2.05, 4.69) is 33.5 Å². The molecule has 26 heavy (non-hydrogen) atoms. The quantitative estimate of drug-likeness (QED) is 0.479. The Morgan fingerprint density at radius 3 is 2.46 bits per heavy atom. The highest BCUT2D eigenvalue weighted by atomic mass is 35.5. The maximum Gasteiger partial charge on any atom is 0.189 e. The minimum atomic E-state index is 0.443. The molecule has 0 atom stereocenters. The van der Waals surface area contributed by atoms with Crippen molar-refractivity contribution in [3.8, 4) is 17.3 Å². The predicted octanol–water partition coefficient (Wildman–Crippen LogP) is 5.05. The minimum absolute atomic E-state index is 0.443. The van der Waals surface area contributed by atoms with E-state index in [1.54, 1.807) is 12.1 Å². The van der Waals surface area contributed by atoms with Crippen LogP contribution in [0.15, 0.2) is 59.8 Å². The van der Waals surface area contributed by atoms with E-state index < -0.39 is 0 Å². The second-order valence-corrected chi connectivity index (χ2v) is 6.77. The first-order chi connectivity index (χ1) is 12.7. The van der Waals surface area contributed by atoms with Crippen molar-refractivity contribution in [1.29, 1.82) is 5.26 Å². The van der Waals surface area contributed by atoms with Gasteiger partial charge in [0, 0.05) is 17.1 Å². The Balaban J connectivity index is 1.90. The average Bonchev–Trinajstić information content (AvgIpc) is 2.68. The van der Waals surface area contributed by atoms with Gasteiger partial charge in [0.2, 0.25) is 0 Å². The number of nitrogens with one attached hydrogen (secondary N) is 1. The number of nitriles is 1. The topological polar surface area (TPSA) is 61.6 Å². The summed E-state index contributed by atoms with van der Waals surface area (Å²) in [6, 6.07) is 19.8. The molecule has 0 spiro atoms. The van der Waals surface area contributed by atoms with Gasteiger partial charge in [0.05, 0.1) is 5.69 Å². The van der Waals surface area contributed by atoms with Gasteiger partial charge in [0.1, 0.15) is 17.5 Å². The van der Waals surface area contributed by atoms with Crippen LogP contribution in [0.2, 0.25) is 5.02 Å². The summed E-state index contributed by atoms with van der Waals surface area (Å²) in [6.07, 6.45) is 2.77. The Labute approximate surface area is 162 Å². The maximum atomic E-state index is 9.69. The average molecular weight is 381 g/mol. The number of rotatable bonds is 6. The molecular weight excluding hydrogens is 364 g/mol. The lowest BCUT2D eigenvalue weighted by Gasteiger charge is -2.12. The highest BCUT2D eigenvalue weighted by Gasteiger charge is 2.15. The minimum Gasteiger partial charge on any atom is -0.368 e. The van der Waals surface area contributed by atoms with Crippen LogP contribution >= 0.6 is 23.4 Å². The van der Waals surface area contributed by atoms with Gasteiger partial charge in [-0.15, -0.1) is 0 Å². The highest BCUT2D eigenvalue weighted by Crippen LogP contribution is 2.29. The van der Waals surface area contributed by atoms with E-state index in [0.717, 1.165) is 12.0 Å². The Kier molecular flexibility index (Phi) is 6.11. The van der Waals surface area contributed by atoms with Crippen molar-refractivity contribution < 1.29 is 0 Å². The SMILES string of the molecule is CSc1nc(NCCc2ccccc2)c(C#N)c(-c2ccc(Cl)cc2)n1. The summed E-state index contributed by atoms with van der Waals surface area (Å²) in [6.45, 7) is 0.684. The van der Waals surface area contributed by atoms with Gasteiger partial charge in [-0.3, -0.25) is 0 Å². The normalized spacial score (nSPS) is 10.3. The molecule has 0 aliphatic heterocycles. The van der Waals surface area contributed by atoms with Crippen molar-refractivity contribution in [1.82, 2.24) is 9.97 Å². The van der Waals surface area contributed by atoms with Crippen molar-refractivity contribution in [3.63, 3.8) is 0 Å². The van der Waals surface area contributed by atoms with Crippen molar-refractivity contribution in [2.45, 2.75) is 11.6 Å². The van der Waals surface area contributed by atoms with Gasteiger partial charge in [-0.2, -0.15) is 5.26 Å². The van der Waals surface area contributed by atoms with Crippen LogP contribution in [0.5, 0.6) is 0 Å². The number of hydrogen-bond donors (Lipinski definition) is 1. The molecule has 0 saturated heterocycles. The van der Waals surface area contributed by atoms with Gasteiger partial charge < -0.3 is 5.32 Å². The smallest absolute Gasteiger partial charge is 0.189 e. The number of nitrogens with zero attached hydrogens (tertiary/aromatic N) is 3. The molecule has 6 heteroatoms. The zero-order valence-electron chi connectivity index (χ0n) is 14.2. The van der Waals surface area contributed by atoms with Crippen LogP contribution in [0.1, 0.15) is 11.1 Å². The second-order valence-electron chi connectivity index (χ2n) is 5.56. The Bertz CT molecular complexity index is 921. The third kappa shape index (κ3) is 4.34.